The molecule has 0 saturated heterocycles. The molecule has 0 radical (unpaired) electrons. The Hall–Kier alpha value is -2.36. The number of anilines is 1. The van der Waals surface area contributed by atoms with E-state index in [4.69, 9.17) is 0 Å². The molecule has 0 saturated carbocycles. The van der Waals surface area contributed by atoms with Crippen LogP contribution in [0.15, 0.2) is 48.5 Å². The van der Waals surface area contributed by atoms with Gasteiger partial charge in [-0.05, 0) is 35.7 Å². The molecule has 0 aliphatic heterocycles. The van der Waals surface area contributed by atoms with Crippen LogP contribution >= 0.6 is 0 Å². The Morgan fingerprint density at radius 3 is 2.57 bits per heavy atom. The molecule has 2 rings (SSSR count). The summed E-state index contributed by atoms with van der Waals surface area (Å²) in [4.78, 5) is 11.2. The number of benzene rings is 2. The van der Waals surface area contributed by atoms with Crippen LogP contribution in [0.2, 0.25) is 0 Å². The lowest BCUT2D eigenvalue weighted by atomic mass is 10.1. The largest absolute Gasteiger partial charge is 0.469 e. The average molecular weight is 287 g/mol. The Balaban J connectivity index is 1.99. The minimum atomic E-state index is -0.239. The van der Waals surface area contributed by atoms with Crippen molar-refractivity contribution < 1.29 is 13.9 Å². The van der Waals surface area contributed by atoms with Gasteiger partial charge in [0.1, 0.15) is 5.82 Å². The van der Waals surface area contributed by atoms with Crippen LogP contribution in [0.4, 0.5) is 10.1 Å². The van der Waals surface area contributed by atoms with Gasteiger partial charge in [-0.25, -0.2) is 4.39 Å². The quantitative estimate of drug-likeness (QED) is 0.826. The Labute approximate surface area is 123 Å². The van der Waals surface area contributed by atoms with Crippen molar-refractivity contribution >= 4 is 11.7 Å². The van der Waals surface area contributed by atoms with Gasteiger partial charge in [0.2, 0.25) is 0 Å². The first-order chi connectivity index (χ1) is 10.2. The summed E-state index contributed by atoms with van der Waals surface area (Å²) in [5.41, 5.74) is 3.04. The van der Waals surface area contributed by atoms with Crippen LogP contribution in [0.3, 0.4) is 0 Å². The molecule has 0 aliphatic rings. The highest BCUT2D eigenvalue weighted by molar-refractivity contribution is 5.70. The molecule has 110 valence electrons. The van der Waals surface area contributed by atoms with Crippen molar-refractivity contribution in [3.05, 3.63) is 65.5 Å². The standard InChI is InChI=1S/C17H18FNO2/c1-21-17(20)11-8-14-4-2-3-5-16(14)19-12-13-6-9-15(18)10-7-13/h2-7,9-10,19H,8,11-12H2,1H3. The predicted molar refractivity (Wildman–Crippen MR) is 80.5 cm³/mol. The fourth-order valence-corrected chi connectivity index (χ4v) is 2.05. The van der Waals surface area contributed by atoms with Crippen molar-refractivity contribution in [3.8, 4) is 0 Å². The van der Waals surface area contributed by atoms with E-state index in [1.807, 2.05) is 24.3 Å². The molecular formula is C17H18FNO2. The number of methoxy groups -OCH3 is 1. The van der Waals surface area contributed by atoms with E-state index in [-0.39, 0.29) is 11.8 Å². The molecule has 0 heterocycles. The van der Waals surface area contributed by atoms with Crippen LogP contribution in [0.25, 0.3) is 0 Å². The number of rotatable bonds is 6. The Bertz CT molecular complexity index is 596. The van der Waals surface area contributed by atoms with Gasteiger partial charge < -0.3 is 10.1 Å². The summed E-state index contributed by atoms with van der Waals surface area (Å²) in [6.07, 6.45) is 0.977. The van der Waals surface area contributed by atoms with Crippen LogP contribution in [0.5, 0.6) is 0 Å². The zero-order valence-electron chi connectivity index (χ0n) is 11.9. The van der Waals surface area contributed by atoms with Gasteiger partial charge in [-0.3, -0.25) is 4.79 Å². The molecule has 3 nitrogen and oxygen atoms in total. The van der Waals surface area contributed by atoms with E-state index in [1.54, 1.807) is 12.1 Å². The minimum Gasteiger partial charge on any atom is -0.469 e. The zero-order valence-corrected chi connectivity index (χ0v) is 11.9. The topological polar surface area (TPSA) is 38.3 Å². The summed E-state index contributed by atoms with van der Waals surface area (Å²) in [6, 6.07) is 14.2. The lowest BCUT2D eigenvalue weighted by molar-refractivity contribution is -0.140. The molecule has 1 N–H and O–H groups in total. The number of aryl methyl sites for hydroxylation is 1. The normalized spacial score (nSPS) is 10.2. The van der Waals surface area contributed by atoms with Crippen LogP contribution < -0.4 is 5.32 Å². The van der Waals surface area contributed by atoms with E-state index in [2.05, 4.69) is 10.1 Å². The highest BCUT2D eigenvalue weighted by atomic mass is 19.1. The Morgan fingerprint density at radius 2 is 1.86 bits per heavy atom. The predicted octanol–water partition coefficient (Wildman–Crippen LogP) is 3.54. The molecule has 0 bridgehead atoms. The van der Waals surface area contributed by atoms with Gasteiger partial charge in [0.25, 0.3) is 0 Å². The molecular weight excluding hydrogens is 269 g/mol. The molecule has 21 heavy (non-hydrogen) atoms. The lowest BCUT2D eigenvalue weighted by Gasteiger charge is -2.12. The summed E-state index contributed by atoms with van der Waals surface area (Å²) < 4.78 is 17.5. The number of ether oxygens (including phenoxy) is 1. The fourth-order valence-electron chi connectivity index (χ4n) is 2.05. The van der Waals surface area contributed by atoms with Crippen LogP contribution in [0.1, 0.15) is 17.5 Å². The molecule has 0 unspecified atom stereocenters. The van der Waals surface area contributed by atoms with Crippen molar-refractivity contribution in [1.82, 2.24) is 0 Å². The van der Waals surface area contributed by atoms with Crippen molar-refractivity contribution in [2.45, 2.75) is 19.4 Å². The Kier molecular flexibility index (Phi) is 5.32. The third-order valence-electron chi connectivity index (χ3n) is 3.24. The van der Waals surface area contributed by atoms with Crippen molar-refractivity contribution in [2.24, 2.45) is 0 Å². The zero-order chi connectivity index (χ0) is 15.1. The number of carbonyl (C=O) groups is 1. The maximum Gasteiger partial charge on any atom is 0.305 e. The number of esters is 1. The second-order valence-corrected chi connectivity index (χ2v) is 4.71. The first-order valence-electron chi connectivity index (χ1n) is 6.82. The maximum atomic E-state index is 12.9. The number of hydrogen-bond donors (Lipinski definition) is 1. The molecule has 0 amide bonds. The smallest absolute Gasteiger partial charge is 0.305 e. The number of nitrogens with one attached hydrogen (secondary N) is 1. The third-order valence-corrected chi connectivity index (χ3v) is 3.24. The van der Waals surface area contributed by atoms with Gasteiger partial charge in [0, 0.05) is 18.7 Å². The van der Waals surface area contributed by atoms with Gasteiger partial charge in [-0.1, -0.05) is 30.3 Å². The van der Waals surface area contributed by atoms with Gasteiger partial charge in [0.05, 0.1) is 7.11 Å². The molecule has 0 aromatic heterocycles. The summed E-state index contributed by atoms with van der Waals surface area (Å²) in [6.45, 7) is 0.607. The van der Waals surface area contributed by atoms with Crippen LogP contribution in [-0.4, -0.2) is 13.1 Å². The average Bonchev–Trinajstić information content (AvgIpc) is 2.52. The lowest BCUT2D eigenvalue weighted by Crippen LogP contribution is -2.05. The second-order valence-electron chi connectivity index (χ2n) is 4.71. The summed E-state index contributed by atoms with van der Waals surface area (Å²) in [5.74, 6) is -0.458. The van der Waals surface area contributed by atoms with Crippen molar-refractivity contribution in [2.75, 3.05) is 12.4 Å². The van der Waals surface area contributed by atoms with Gasteiger partial charge in [-0.2, -0.15) is 0 Å². The minimum absolute atomic E-state index is 0.219. The van der Waals surface area contributed by atoms with Gasteiger partial charge in [0.15, 0.2) is 0 Å². The molecule has 0 atom stereocenters. The van der Waals surface area contributed by atoms with Gasteiger partial charge >= 0.3 is 5.97 Å². The van der Waals surface area contributed by atoms with E-state index in [1.165, 1.54) is 19.2 Å². The monoisotopic (exact) mass is 287 g/mol. The van der Waals surface area contributed by atoms with Crippen LogP contribution in [0, 0.1) is 5.82 Å². The SMILES string of the molecule is COC(=O)CCc1ccccc1NCc1ccc(F)cc1. The molecule has 0 spiro atoms. The van der Waals surface area contributed by atoms with Crippen LogP contribution in [-0.2, 0) is 22.5 Å². The van der Waals surface area contributed by atoms with E-state index in [0.29, 0.717) is 19.4 Å². The number of carbonyl (C=O) groups excluding carboxylic acids is 1. The Morgan fingerprint density at radius 1 is 1.14 bits per heavy atom. The van der Waals surface area contributed by atoms with Crippen molar-refractivity contribution in [3.63, 3.8) is 0 Å². The number of halogens is 1. The molecule has 2 aromatic rings. The molecule has 0 fully saturated rings. The summed E-state index contributed by atoms with van der Waals surface area (Å²) in [5, 5.41) is 3.32. The highest BCUT2D eigenvalue weighted by Gasteiger charge is 2.05. The second kappa shape index (κ2) is 7.43. The molecule has 2 aromatic carbocycles. The molecule has 4 heteroatoms. The summed E-state index contributed by atoms with van der Waals surface area (Å²) in [7, 11) is 1.39. The van der Waals surface area contributed by atoms with E-state index in [9.17, 15) is 9.18 Å². The maximum absolute atomic E-state index is 12.9. The summed E-state index contributed by atoms with van der Waals surface area (Å²) >= 11 is 0. The van der Waals surface area contributed by atoms with E-state index < -0.39 is 0 Å². The third kappa shape index (κ3) is 4.60. The highest BCUT2D eigenvalue weighted by Crippen LogP contribution is 2.18. The molecule has 0 aliphatic carbocycles. The van der Waals surface area contributed by atoms with Crippen molar-refractivity contribution in [1.29, 1.82) is 0 Å². The van der Waals surface area contributed by atoms with E-state index >= 15 is 0 Å². The van der Waals surface area contributed by atoms with E-state index in [0.717, 1.165) is 16.8 Å². The van der Waals surface area contributed by atoms with Gasteiger partial charge in [-0.15, -0.1) is 0 Å². The first kappa shape index (κ1) is 15.0. The fraction of sp³-hybridized carbons (Fsp3) is 0.235. The number of para-hydroxylation sites is 1. The number of hydrogen-bond acceptors (Lipinski definition) is 3. The first-order valence-corrected chi connectivity index (χ1v) is 6.82.